The van der Waals surface area contributed by atoms with Crippen LogP contribution < -0.4 is 0 Å². The van der Waals surface area contributed by atoms with Gasteiger partial charge in [0.1, 0.15) is 5.82 Å². The van der Waals surface area contributed by atoms with E-state index in [1.807, 2.05) is 12.4 Å². The van der Waals surface area contributed by atoms with Crippen LogP contribution in [0.4, 0.5) is 0 Å². The molecule has 0 bridgehead atoms. The molecule has 2 atom stereocenters. The molecule has 4 nitrogen and oxygen atoms in total. The molecule has 0 saturated carbocycles. The lowest BCUT2D eigenvalue weighted by molar-refractivity contribution is 0.617. The quantitative estimate of drug-likeness (QED) is 0.168. The molecular formula is C60H46N4. The summed E-state index contributed by atoms with van der Waals surface area (Å²) < 4.78 is 4.95. The number of hydrogen-bond acceptors (Lipinski definition) is 0. The number of nitrogens with one attached hydrogen (secondary N) is 2. The minimum absolute atomic E-state index is 0.333. The molecule has 7 aromatic carbocycles. The minimum atomic E-state index is 0.333. The zero-order valence-electron chi connectivity index (χ0n) is 35.9. The Morgan fingerprint density at radius 2 is 1.02 bits per heavy atom. The molecule has 0 aliphatic heterocycles. The van der Waals surface area contributed by atoms with Gasteiger partial charge in [0.05, 0.1) is 22.2 Å². The van der Waals surface area contributed by atoms with Gasteiger partial charge in [-0.1, -0.05) is 129 Å². The summed E-state index contributed by atoms with van der Waals surface area (Å²) in [5.74, 6) is 1.78. The summed E-state index contributed by atoms with van der Waals surface area (Å²) in [5, 5.41) is 3.90. The molecule has 2 N–H and O–H groups in total. The van der Waals surface area contributed by atoms with Crippen molar-refractivity contribution in [1.82, 2.24) is 19.1 Å². The second-order valence-corrected chi connectivity index (χ2v) is 17.9. The third-order valence-electron chi connectivity index (χ3n) is 14.5. The molecule has 64 heavy (non-hydrogen) atoms. The lowest BCUT2D eigenvalue weighted by Crippen LogP contribution is -2.13. The summed E-state index contributed by atoms with van der Waals surface area (Å²) in [6.45, 7) is 4.87. The molecule has 0 saturated heterocycles. The van der Waals surface area contributed by atoms with Gasteiger partial charge >= 0.3 is 0 Å². The molecule has 13 rings (SSSR count). The Kier molecular flexibility index (Phi) is 8.26. The predicted octanol–water partition coefficient (Wildman–Crippen LogP) is 15.8. The highest BCUT2D eigenvalue weighted by molar-refractivity contribution is 6.12. The Balaban J connectivity index is 0.977. The highest BCUT2D eigenvalue weighted by atomic mass is 15.1. The number of rotatable bonds is 6. The third kappa shape index (κ3) is 5.68. The average molecular weight is 823 g/mol. The van der Waals surface area contributed by atoms with E-state index in [1.165, 1.54) is 111 Å². The van der Waals surface area contributed by atoms with Crippen molar-refractivity contribution in [2.45, 2.75) is 38.5 Å². The Morgan fingerprint density at radius 3 is 1.62 bits per heavy atom. The van der Waals surface area contributed by atoms with Gasteiger partial charge in [0, 0.05) is 46.0 Å². The van der Waals surface area contributed by atoms with E-state index in [9.17, 15) is 0 Å². The molecular weight excluding hydrogens is 777 g/mol. The number of H-pyrrole nitrogens is 2. The average Bonchev–Trinajstić information content (AvgIpc) is 4.19. The topological polar surface area (TPSA) is 41.4 Å². The van der Waals surface area contributed by atoms with Crippen LogP contribution in [0.5, 0.6) is 0 Å². The van der Waals surface area contributed by atoms with Crippen molar-refractivity contribution >= 4 is 44.4 Å². The first-order valence-electron chi connectivity index (χ1n) is 22.7. The van der Waals surface area contributed by atoms with E-state index in [1.54, 1.807) is 0 Å². The largest absolute Gasteiger partial charge is 0.366 e. The first kappa shape index (κ1) is 36.8. The SMILES string of the molecule is CC1c2cc3c4c(n(-c5ccc[nH]5)c3cc2-c2cc3c(cc2C1C)c1cc(-c2ccc(-c5ccccc5)cc2)ccc1n3-c1cc[nH]c1)CCC(c1ccc(-c2ccccc2)cc1)=C4. The molecule has 0 amide bonds. The van der Waals surface area contributed by atoms with Gasteiger partial charge in [-0.25, -0.2) is 0 Å². The van der Waals surface area contributed by atoms with Crippen molar-refractivity contribution in [2.75, 3.05) is 0 Å². The van der Waals surface area contributed by atoms with Crippen LogP contribution in [0.2, 0.25) is 0 Å². The zero-order chi connectivity index (χ0) is 42.5. The van der Waals surface area contributed by atoms with E-state index < -0.39 is 0 Å². The van der Waals surface area contributed by atoms with E-state index >= 15 is 0 Å². The lowest BCUT2D eigenvalue weighted by Gasteiger charge is -2.32. The van der Waals surface area contributed by atoms with Crippen LogP contribution in [-0.2, 0) is 6.42 Å². The molecule has 4 heterocycles. The second-order valence-electron chi connectivity index (χ2n) is 17.9. The fraction of sp³-hybridized carbons (Fsp3) is 0.100. The third-order valence-corrected chi connectivity index (χ3v) is 14.5. The van der Waals surface area contributed by atoms with Crippen molar-refractivity contribution in [3.63, 3.8) is 0 Å². The highest BCUT2D eigenvalue weighted by Crippen LogP contribution is 2.52. The normalized spacial score (nSPS) is 15.6. The summed E-state index contributed by atoms with van der Waals surface area (Å²) in [5.41, 5.74) is 23.2. The van der Waals surface area contributed by atoms with Gasteiger partial charge in [-0.2, -0.15) is 0 Å². The number of fused-ring (bicyclic) bond motifs is 9. The minimum Gasteiger partial charge on any atom is -0.366 e. The standard InChI is InChI=1S/C60H46N4/c1-37-38(2)49-33-55-53-31-46(44-21-17-42(18-22-44)40-12-7-4-8-13-40)24-26-57(53)64(60-14-9-28-62-60)59(55)35-51(49)50-34-58-54(32-48(37)50)52-30-45(23-25-56(52)63(58)47-27-29-61-36-47)43-19-15-41(16-20-43)39-10-5-3-6-11-39/h3-23,25,27-38,61-62H,24,26H2,1-2H3. The molecule has 306 valence electrons. The van der Waals surface area contributed by atoms with Gasteiger partial charge in [0.15, 0.2) is 0 Å². The van der Waals surface area contributed by atoms with Crippen molar-refractivity contribution in [2.24, 2.45) is 0 Å². The number of aromatic nitrogens is 4. The maximum Gasteiger partial charge on any atom is 0.114 e. The predicted molar refractivity (Wildman–Crippen MR) is 268 cm³/mol. The highest BCUT2D eigenvalue weighted by Gasteiger charge is 2.32. The lowest BCUT2D eigenvalue weighted by atomic mass is 9.72. The van der Waals surface area contributed by atoms with Crippen LogP contribution in [0.1, 0.15) is 60.1 Å². The summed E-state index contributed by atoms with van der Waals surface area (Å²) >= 11 is 0. The smallest absolute Gasteiger partial charge is 0.114 e. The van der Waals surface area contributed by atoms with E-state index in [0.29, 0.717) is 11.8 Å². The van der Waals surface area contributed by atoms with Gasteiger partial charge in [-0.05, 0) is 152 Å². The van der Waals surface area contributed by atoms with E-state index in [-0.39, 0.29) is 0 Å². The molecule has 0 fully saturated rings. The van der Waals surface area contributed by atoms with Crippen LogP contribution in [0.25, 0.3) is 100 Å². The zero-order valence-corrected chi connectivity index (χ0v) is 35.9. The molecule has 4 heteroatoms. The van der Waals surface area contributed by atoms with Gasteiger partial charge in [-0.15, -0.1) is 0 Å². The Labute approximate surface area is 372 Å². The van der Waals surface area contributed by atoms with Crippen LogP contribution in [-0.4, -0.2) is 19.1 Å². The first-order chi connectivity index (χ1) is 31.6. The van der Waals surface area contributed by atoms with Crippen molar-refractivity contribution in [3.05, 3.63) is 216 Å². The fourth-order valence-corrected chi connectivity index (χ4v) is 11.0. The maximum atomic E-state index is 3.59. The number of benzene rings is 7. The summed E-state index contributed by atoms with van der Waals surface area (Å²) in [6, 6.07) is 63.1. The van der Waals surface area contributed by atoms with E-state index in [2.05, 4.69) is 215 Å². The van der Waals surface area contributed by atoms with E-state index in [0.717, 1.165) is 24.3 Å². The van der Waals surface area contributed by atoms with Crippen LogP contribution in [0.15, 0.2) is 188 Å². The summed E-state index contributed by atoms with van der Waals surface area (Å²) in [4.78, 5) is 6.94. The molecule has 11 aromatic rings. The molecule has 2 unspecified atom stereocenters. The summed E-state index contributed by atoms with van der Waals surface area (Å²) in [6.07, 6.45) is 10.6. The van der Waals surface area contributed by atoms with Crippen LogP contribution >= 0.6 is 0 Å². The number of nitrogens with zero attached hydrogens (tertiary/aromatic N) is 2. The van der Waals surface area contributed by atoms with E-state index in [4.69, 9.17) is 0 Å². The van der Waals surface area contributed by atoms with Gasteiger partial charge < -0.3 is 14.5 Å². The van der Waals surface area contributed by atoms with Gasteiger partial charge in [0.25, 0.3) is 0 Å². The molecule has 0 radical (unpaired) electrons. The monoisotopic (exact) mass is 822 g/mol. The van der Waals surface area contributed by atoms with Crippen molar-refractivity contribution in [1.29, 1.82) is 0 Å². The second kappa shape index (κ2) is 14.4. The van der Waals surface area contributed by atoms with Crippen LogP contribution in [0, 0.1) is 0 Å². The van der Waals surface area contributed by atoms with Crippen molar-refractivity contribution in [3.8, 4) is 56.0 Å². The van der Waals surface area contributed by atoms with Gasteiger partial charge in [-0.3, -0.25) is 4.57 Å². The molecule has 0 spiro atoms. The summed E-state index contributed by atoms with van der Waals surface area (Å²) in [7, 11) is 0. The van der Waals surface area contributed by atoms with Crippen LogP contribution in [0.3, 0.4) is 0 Å². The Bertz CT molecular complexity index is 3580. The maximum absolute atomic E-state index is 3.59. The fourth-order valence-electron chi connectivity index (χ4n) is 11.0. The first-order valence-corrected chi connectivity index (χ1v) is 22.7. The Morgan fingerprint density at radius 1 is 0.453 bits per heavy atom. The molecule has 2 aliphatic rings. The van der Waals surface area contributed by atoms with Gasteiger partial charge in [0.2, 0.25) is 0 Å². The van der Waals surface area contributed by atoms with Crippen molar-refractivity contribution < 1.29 is 0 Å². The Hall–Kier alpha value is -7.82. The molecule has 2 aliphatic carbocycles. The molecule has 4 aromatic heterocycles. The number of aromatic amines is 2. The number of hydrogen-bond donors (Lipinski definition) is 2. The number of allylic oxidation sites excluding steroid dienone is 1.